The number of esters is 1. The van der Waals surface area contributed by atoms with Crippen molar-refractivity contribution < 1.29 is 9.53 Å². The fraction of sp³-hybridized carbons (Fsp3) is 0.650. The molecule has 0 aliphatic rings. The van der Waals surface area contributed by atoms with E-state index in [2.05, 4.69) is 43.4 Å². The smallest absolute Gasteiger partial charge is 0.305 e. The monoisotopic (exact) mass is 306 g/mol. The van der Waals surface area contributed by atoms with Gasteiger partial charge in [-0.15, -0.1) is 0 Å². The summed E-state index contributed by atoms with van der Waals surface area (Å²) in [6.07, 6.45) is 24.2. The van der Waals surface area contributed by atoms with Crippen molar-refractivity contribution in [3.63, 3.8) is 0 Å². The molecular formula is C20H34O2. The normalized spacial score (nSPS) is 11.9. The van der Waals surface area contributed by atoms with Crippen molar-refractivity contribution in [3.8, 4) is 0 Å². The molecule has 0 heterocycles. The Morgan fingerprint density at radius 1 is 0.773 bits per heavy atom. The van der Waals surface area contributed by atoms with Gasteiger partial charge in [0.25, 0.3) is 0 Å². The van der Waals surface area contributed by atoms with Gasteiger partial charge >= 0.3 is 5.97 Å². The van der Waals surface area contributed by atoms with Gasteiger partial charge in [-0.05, 0) is 45.4 Å². The van der Waals surface area contributed by atoms with Crippen LogP contribution in [0.25, 0.3) is 0 Å². The van der Waals surface area contributed by atoms with Crippen molar-refractivity contribution in [2.75, 3.05) is 6.61 Å². The second-order valence-corrected chi connectivity index (χ2v) is 5.41. The highest BCUT2D eigenvalue weighted by atomic mass is 16.5. The Morgan fingerprint density at radius 3 is 2.05 bits per heavy atom. The summed E-state index contributed by atoms with van der Waals surface area (Å²) in [7, 11) is 0. The molecule has 0 aliphatic heterocycles. The Bertz CT molecular complexity index is 327. The molecule has 126 valence electrons. The first kappa shape index (κ1) is 20.7. The number of unbranched alkanes of at least 4 members (excludes halogenated alkanes) is 5. The lowest BCUT2D eigenvalue weighted by Crippen LogP contribution is -2.03. The van der Waals surface area contributed by atoms with Gasteiger partial charge in [0.1, 0.15) is 0 Å². The number of carbonyl (C=O) groups excluding carboxylic acids is 1. The first-order valence-corrected chi connectivity index (χ1v) is 8.91. The van der Waals surface area contributed by atoms with Crippen LogP contribution in [0.5, 0.6) is 0 Å². The van der Waals surface area contributed by atoms with Crippen LogP contribution in [0.1, 0.15) is 78.1 Å². The summed E-state index contributed by atoms with van der Waals surface area (Å²) in [5.41, 5.74) is 0. The molecule has 0 saturated carbocycles. The maximum absolute atomic E-state index is 11.1. The van der Waals surface area contributed by atoms with E-state index < -0.39 is 0 Å². The lowest BCUT2D eigenvalue weighted by molar-refractivity contribution is -0.143. The molecule has 0 aromatic heterocycles. The molecule has 0 rings (SSSR count). The molecule has 0 aliphatic carbocycles. The van der Waals surface area contributed by atoms with Crippen LogP contribution < -0.4 is 0 Å². The molecule has 0 aromatic rings. The molecule has 0 fully saturated rings. The van der Waals surface area contributed by atoms with Gasteiger partial charge in [-0.3, -0.25) is 4.79 Å². The molecule has 0 aromatic carbocycles. The minimum absolute atomic E-state index is 0.0522. The first-order valence-electron chi connectivity index (χ1n) is 8.91. The van der Waals surface area contributed by atoms with E-state index in [1.165, 1.54) is 25.7 Å². The summed E-state index contributed by atoms with van der Waals surface area (Å²) >= 11 is 0. The highest BCUT2D eigenvalue weighted by molar-refractivity contribution is 5.69. The van der Waals surface area contributed by atoms with Gasteiger partial charge in [0.05, 0.1) is 6.61 Å². The highest BCUT2D eigenvalue weighted by Crippen LogP contribution is 2.08. The van der Waals surface area contributed by atoms with Gasteiger partial charge in [0.15, 0.2) is 0 Å². The van der Waals surface area contributed by atoms with Crippen LogP contribution in [0.2, 0.25) is 0 Å². The molecule has 0 radical (unpaired) electrons. The number of hydrogen-bond donors (Lipinski definition) is 0. The molecule has 0 unspecified atom stereocenters. The van der Waals surface area contributed by atoms with E-state index in [9.17, 15) is 4.79 Å². The van der Waals surface area contributed by atoms with E-state index in [1.54, 1.807) is 0 Å². The lowest BCUT2D eigenvalue weighted by Gasteiger charge is -2.01. The van der Waals surface area contributed by atoms with E-state index in [4.69, 9.17) is 4.74 Å². The van der Waals surface area contributed by atoms with E-state index in [0.717, 1.165) is 32.1 Å². The summed E-state index contributed by atoms with van der Waals surface area (Å²) in [5, 5.41) is 0. The van der Waals surface area contributed by atoms with Crippen molar-refractivity contribution in [2.24, 2.45) is 0 Å². The van der Waals surface area contributed by atoms with Crippen LogP contribution in [0.3, 0.4) is 0 Å². The summed E-state index contributed by atoms with van der Waals surface area (Å²) in [6, 6.07) is 0. The maximum atomic E-state index is 11.1. The summed E-state index contributed by atoms with van der Waals surface area (Å²) in [6.45, 7) is 4.50. The molecular weight excluding hydrogens is 272 g/mol. The summed E-state index contributed by atoms with van der Waals surface area (Å²) in [4.78, 5) is 11.1. The zero-order chi connectivity index (χ0) is 16.3. The Labute approximate surface area is 137 Å². The molecule has 0 N–H and O–H groups in total. The third-order valence-corrected chi connectivity index (χ3v) is 3.34. The van der Waals surface area contributed by atoms with Crippen molar-refractivity contribution in [3.05, 3.63) is 36.5 Å². The van der Waals surface area contributed by atoms with E-state index in [0.29, 0.717) is 13.0 Å². The fourth-order valence-electron chi connectivity index (χ4n) is 2.12. The van der Waals surface area contributed by atoms with Crippen LogP contribution in [0.4, 0.5) is 0 Å². The van der Waals surface area contributed by atoms with Crippen molar-refractivity contribution in [1.29, 1.82) is 0 Å². The van der Waals surface area contributed by atoms with E-state index in [1.807, 2.05) is 6.92 Å². The van der Waals surface area contributed by atoms with Crippen LogP contribution in [-0.2, 0) is 9.53 Å². The number of ether oxygens (including phenoxy) is 1. The van der Waals surface area contributed by atoms with Crippen molar-refractivity contribution >= 4 is 5.97 Å². The molecule has 2 heteroatoms. The highest BCUT2D eigenvalue weighted by Gasteiger charge is 2.00. The molecule has 0 amide bonds. The third kappa shape index (κ3) is 16.7. The average molecular weight is 306 g/mol. The number of rotatable bonds is 14. The second-order valence-electron chi connectivity index (χ2n) is 5.41. The second kappa shape index (κ2) is 17.7. The van der Waals surface area contributed by atoms with Crippen LogP contribution in [0, 0.1) is 0 Å². The Kier molecular flexibility index (Phi) is 16.7. The quantitative estimate of drug-likeness (QED) is 0.219. The average Bonchev–Trinajstić information content (AvgIpc) is 2.51. The molecule has 2 nitrogen and oxygen atoms in total. The molecule has 0 atom stereocenters. The molecule has 22 heavy (non-hydrogen) atoms. The standard InChI is InChI=1S/C20H34O2/c1-3-5-6-7-8-9-10-11-12-13-14-15-16-17-18-19-20(21)22-4-2/h5-6,8-9,11-12H,3-4,7,10,13-19H2,1-2H3/b6-5+,9-8-,12-11-. The minimum atomic E-state index is -0.0522. The van der Waals surface area contributed by atoms with Crippen molar-refractivity contribution in [1.82, 2.24) is 0 Å². The van der Waals surface area contributed by atoms with Gasteiger partial charge in [0.2, 0.25) is 0 Å². The van der Waals surface area contributed by atoms with E-state index >= 15 is 0 Å². The largest absolute Gasteiger partial charge is 0.466 e. The summed E-state index contributed by atoms with van der Waals surface area (Å²) in [5.74, 6) is -0.0522. The van der Waals surface area contributed by atoms with Crippen molar-refractivity contribution in [2.45, 2.75) is 78.1 Å². The van der Waals surface area contributed by atoms with Gasteiger partial charge in [0, 0.05) is 6.42 Å². The fourth-order valence-corrected chi connectivity index (χ4v) is 2.12. The molecule has 0 spiro atoms. The Balaban J connectivity index is 3.27. The topological polar surface area (TPSA) is 26.3 Å². The van der Waals surface area contributed by atoms with Crippen LogP contribution >= 0.6 is 0 Å². The third-order valence-electron chi connectivity index (χ3n) is 3.34. The number of allylic oxidation sites excluding steroid dienone is 6. The molecule has 0 bridgehead atoms. The van der Waals surface area contributed by atoms with E-state index in [-0.39, 0.29) is 5.97 Å². The van der Waals surface area contributed by atoms with Gasteiger partial charge in [-0.1, -0.05) is 62.6 Å². The SMILES string of the molecule is CC/C=C/C/C=C\C/C=C\CCCCCCCC(=O)OCC. The van der Waals surface area contributed by atoms with Gasteiger partial charge in [-0.2, -0.15) is 0 Å². The number of carbonyl (C=O) groups is 1. The first-order chi connectivity index (χ1) is 10.8. The lowest BCUT2D eigenvalue weighted by atomic mass is 10.1. The van der Waals surface area contributed by atoms with Gasteiger partial charge < -0.3 is 4.74 Å². The minimum Gasteiger partial charge on any atom is -0.466 e. The van der Waals surface area contributed by atoms with Gasteiger partial charge in [-0.25, -0.2) is 0 Å². The van der Waals surface area contributed by atoms with Crippen LogP contribution in [0.15, 0.2) is 36.5 Å². The predicted octanol–water partition coefficient (Wildman–Crippen LogP) is 6.14. The molecule has 0 saturated heterocycles. The zero-order valence-corrected chi connectivity index (χ0v) is 14.6. The maximum Gasteiger partial charge on any atom is 0.305 e. The Morgan fingerprint density at radius 2 is 1.36 bits per heavy atom. The van der Waals surface area contributed by atoms with Crippen LogP contribution in [-0.4, -0.2) is 12.6 Å². The number of hydrogen-bond acceptors (Lipinski definition) is 2. The zero-order valence-electron chi connectivity index (χ0n) is 14.6. The Hall–Kier alpha value is -1.31. The summed E-state index contributed by atoms with van der Waals surface area (Å²) < 4.78 is 4.90. The predicted molar refractivity (Wildman–Crippen MR) is 95.9 cm³/mol.